The van der Waals surface area contributed by atoms with Crippen LogP contribution in [0.2, 0.25) is 0 Å². The van der Waals surface area contributed by atoms with Crippen LogP contribution in [0.3, 0.4) is 0 Å². The Labute approximate surface area is 382 Å². The number of hydrogen-bond acceptors (Lipinski definition) is 4. The number of fused-ring (bicyclic) bond motifs is 6. The zero-order valence-electron chi connectivity index (χ0n) is 32.4. The fourth-order valence-corrected chi connectivity index (χ4v) is 7.05. The van der Waals surface area contributed by atoms with Gasteiger partial charge in [-0.25, -0.2) is 0 Å². The van der Waals surface area contributed by atoms with E-state index in [1.54, 1.807) is 0 Å². The molecule has 2 aromatic heterocycles. The van der Waals surface area contributed by atoms with Gasteiger partial charge in [-0.2, -0.15) is 0 Å². The van der Waals surface area contributed by atoms with Gasteiger partial charge in [-0.05, 0) is 60.7 Å². The van der Waals surface area contributed by atoms with Gasteiger partial charge in [0.1, 0.15) is 22.3 Å². The molecule has 0 aliphatic carbocycles. The number of furan rings is 2. The first kappa shape index (κ1) is 43.1. The Hall–Kier alpha value is -6.44. The van der Waals surface area contributed by atoms with Crippen molar-refractivity contribution in [1.29, 1.82) is 0 Å². The number of nitrogens with zero attached hydrogens (tertiary/aromatic N) is 2. The average molecular weight is 1140 g/mol. The largest absolute Gasteiger partial charge is 0.458 e. The number of hydrogen-bond donors (Lipinski definition) is 0. The zero-order valence-corrected chi connectivity index (χ0v) is 36.7. The van der Waals surface area contributed by atoms with Gasteiger partial charge in [0.25, 0.3) is 0 Å². The summed E-state index contributed by atoms with van der Waals surface area (Å²) < 4.78 is 11.3. The maximum absolute atomic E-state index is 7.06. The number of para-hydroxylation sites is 6. The van der Waals surface area contributed by atoms with Crippen molar-refractivity contribution in [2.45, 2.75) is 0 Å². The summed E-state index contributed by atoms with van der Waals surface area (Å²) in [6, 6.07) is 69.6. The van der Waals surface area contributed by atoms with Crippen LogP contribution in [0.1, 0.15) is 11.1 Å². The van der Waals surface area contributed by atoms with E-state index in [0.29, 0.717) is 0 Å². The molecule has 0 fully saturated rings. The average Bonchev–Trinajstić information content (AvgIpc) is 3.87. The third-order valence-corrected chi connectivity index (χ3v) is 9.86. The van der Waals surface area contributed by atoms with Crippen molar-refractivity contribution < 1.29 is 53.6 Å². The first-order valence-electron chi connectivity index (χ1n) is 19.1. The summed E-state index contributed by atoms with van der Waals surface area (Å²) in [5, 5.41) is 4.40. The predicted octanol–water partition coefficient (Wildman–Crippen LogP) is 13.7. The van der Waals surface area contributed by atoms with Crippen LogP contribution in [0.15, 0.2) is 215 Å². The van der Waals surface area contributed by atoms with E-state index in [1.165, 1.54) is 22.7 Å². The monoisotopic (exact) mass is 1140 g/mol. The molecule has 300 valence electrons. The molecule has 8 aromatic carbocycles. The smallest absolute Gasteiger partial charge is 0.135 e. The van der Waals surface area contributed by atoms with Gasteiger partial charge in [-0.15, -0.1) is 23.3 Å². The molecule has 0 aliphatic rings. The van der Waals surface area contributed by atoms with Gasteiger partial charge in [-0.3, -0.25) is 11.8 Å². The Morgan fingerprint density at radius 3 is 0.933 bits per heavy atom. The molecule has 0 unspecified atom stereocenters. The van der Waals surface area contributed by atoms with Gasteiger partial charge in [0, 0.05) is 102 Å². The maximum atomic E-state index is 7.06. The molecule has 10 rings (SSSR count). The van der Waals surface area contributed by atoms with E-state index in [2.05, 4.69) is 143 Å². The van der Waals surface area contributed by atoms with E-state index in [1.807, 2.05) is 84.9 Å². The summed E-state index contributed by atoms with van der Waals surface area (Å²) in [5.41, 5.74) is 9.68. The van der Waals surface area contributed by atoms with Gasteiger partial charge in [0.2, 0.25) is 0 Å². The van der Waals surface area contributed by atoms with E-state index >= 15 is 0 Å². The quantitative estimate of drug-likeness (QED) is 0.0904. The molecule has 10 aromatic rings. The van der Waals surface area contributed by atoms with Crippen LogP contribution in [0, 0.1) is 24.7 Å². The number of benzene rings is 8. The number of rotatable bonds is 7. The van der Waals surface area contributed by atoms with Crippen LogP contribution in [0.4, 0.5) is 22.7 Å². The molecule has 0 atom stereocenters. The summed E-state index contributed by atoms with van der Waals surface area (Å²) >= 11 is 0. The van der Waals surface area contributed by atoms with Crippen LogP contribution in [0.5, 0.6) is 0 Å². The van der Waals surface area contributed by atoms with Gasteiger partial charge in [0.15, 0.2) is 0 Å². The first-order chi connectivity index (χ1) is 28.7. The molecular formula is C54H38Au2N2O2-2. The molecule has 0 bridgehead atoms. The Morgan fingerprint density at radius 1 is 0.333 bits per heavy atom. The Kier molecular flexibility index (Phi) is 15.1. The minimum atomic E-state index is 0. The van der Waals surface area contributed by atoms with Crippen LogP contribution in [0.25, 0.3) is 43.9 Å². The zero-order chi connectivity index (χ0) is 39.5. The molecule has 2 radical (unpaired) electrons. The Bertz CT molecular complexity index is 2700. The van der Waals surface area contributed by atoms with Crippen molar-refractivity contribution in [3.63, 3.8) is 0 Å². The second kappa shape index (κ2) is 21.0. The Balaban J connectivity index is 0.000000160. The summed E-state index contributed by atoms with van der Waals surface area (Å²) in [7, 11) is 0. The molecule has 60 heavy (non-hydrogen) atoms. The SMILES string of the molecule is [Au].[Au].[C-]#Cc1ccc2c(c1)oc1ccccc12.[C-]#Cc1ccc2c(c1)oc1ccccc12.c1ccc(N(CCN(c2ccccc2)c2ccccc2)c2ccccc2)cc1. The summed E-state index contributed by atoms with van der Waals surface area (Å²) in [6.45, 7) is 1.75. The summed E-state index contributed by atoms with van der Waals surface area (Å²) in [6.07, 6.45) is 14.1. The van der Waals surface area contributed by atoms with Crippen LogP contribution < -0.4 is 9.80 Å². The van der Waals surface area contributed by atoms with Crippen molar-refractivity contribution in [2.24, 2.45) is 0 Å². The minimum Gasteiger partial charge on any atom is -0.458 e. The van der Waals surface area contributed by atoms with Gasteiger partial charge < -0.3 is 31.5 Å². The fourth-order valence-electron chi connectivity index (χ4n) is 7.05. The summed E-state index contributed by atoms with van der Waals surface area (Å²) in [5.74, 6) is 4.71. The standard InChI is InChI=1S/C26H24N2.2C14H7O.2Au/c1-5-13-23(14-6-1)27(24-15-7-2-8-16-24)21-22-28(25-17-9-3-10-18-25)26-19-11-4-12-20-26;2*1-2-10-7-8-12-11-5-3-4-6-13(11)15-14(12)9-10;;/h1-20H,21-22H2;2*3-9H;;/q;2*-1;;. The van der Waals surface area contributed by atoms with Crippen molar-refractivity contribution in [2.75, 3.05) is 22.9 Å². The molecule has 2 heterocycles. The van der Waals surface area contributed by atoms with Crippen molar-refractivity contribution in [3.05, 3.63) is 230 Å². The summed E-state index contributed by atoms with van der Waals surface area (Å²) in [4.78, 5) is 4.75. The van der Waals surface area contributed by atoms with E-state index in [4.69, 9.17) is 21.7 Å². The molecule has 0 amide bonds. The molecule has 0 aliphatic heterocycles. The van der Waals surface area contributed by atoms with E-state index in [9.17, 15) is 0 Å². The molecule has 6 heteroatoms. The second-order valence-electron chi connectivity index (χ2n) is 13.5. The third kappa shape index (κ3) is 10.0. The molecule has 0 spiro atoms. The predicted molar refractivity (Wildman–Crippen MR) is 240 cm³/mol. The topological polar surface area (TPSA) is 32.8 Å². The van der Waals surface area contributed by atoms with Crippen LogP contribution in [-0.4, -0.2) is 13.1 Å². The van der Waals surface area contributed by atoms with Crippen molar-refractivity contribution in [3.8, 4) is 11.8 Å². The Morgan fingerprint density at radius 2 is 0.617 bits per heavy atom. The van der Waals surface area contributed by atoms with Crippen LogP contribution >= 0.6 is 0 Å². The van der Waals surface area contributed by atoms with Gasteiger partial charge in [-0.1, -0.05) is 133 Å². The first-order valence-corrected chi connectivity index (χ1v) is 19.1. The van der Waals surface area contributed by atoms with E-state index in [0.717, 1.165) is 68.1 Å². The molecule has 0 saturated carbocycles. The van der Waals surface area contributed by atoms with Gasteiger partial charge in [0.05, 0.1) is 0 Å². The normalized spacial score (nSPS) is 10.2. The van der Waals surface area contributed by atoms with E-state index in [-0.39, 0.29) is 44.8 Å². The molecule has 0 N–H and O–H groups in total. The number of anilines is 4. The van der Waals surface area contributed by atoms with Crippen LogP contribution in [-0.2, 0) is 44.8 Å². The second-order valence-corrected chi connectivity index (χ2v) is 13.5. The molecular weight excluding hydrogens is 1100 g/mol. The van der Waals surface area contributed by atoms with Crippen molar-refractivity contribution >= 4 is 66.6 Å². The fraction of sp³-hybridized carbons (Fsp3) is 0.0370. The maximum Gasteiger partial charge on any atom is 0.135 e. The van der Waals surface area contributed by atoms with E-state index < -0.39 is 0 Å². The van der Waals surface area contributed by atoms with Crippen molar-refractivity contribution in [1.82, 2.24) is 0 Å². The molecule has 0 saturated heterocycles. The van der Waals surface area contributed by atoms with Gasteiger partial charge >= 0.3 is 0 Å². The third-order valence-electron chi connectivity index (χ3n) is 9.86. The molecule has 4 nitrogen and oxygen atoms in total. The minimum absolute atomic E-state index is 0.